The zero-order valence-corrected chi connectivity index (χ0v) is 22.2. The maximum atomic E-state index is 13.5. The number of benzene rings is 2. The number of hydrogen-bond acceptors (Lipinski definition) is 4. The van der Waals surface area contributed by atoms with E-state index in [9.17, 15) is 18.0 Å². The second kappa shape index (κ2) is 11.7. The van der Waals surface area contributed by atoms with Crippen LogP contribution in [0, 0.1) is 13.8 Å². The second-order valence-corrected chi connectivity index (χ2v) is 11.0. The molecule has 0 spiro atoms. The van der Waals surface area contributed by atoms with Crippen LogP contribution in [0.25, 0.3) is 0 Å². The molecule has 2 rings (SSSR count). The minimum absolute atomic E-state index is 0.170. The van der Waals surface area contributed by atoms with Crippen molar-refractivity contribution in [1.82, 2.24) is 10.2 Å². The fourth-order valence-electron chi connectivity index (χ4n) is 3.49. The minimum atomic E-state index is -3.74. The summed E-state index contributed by atoms with van der Waals surface area (Å²) in [5.41, 5.74) is 3.02. The third kappa shape index (κ3) is 7.57. The van der Waals surface area contributed by atoms with Crippen LogP contribution in [0.15, 0.2) is 46.9 Å². The molecule has 0 bridgehead atoms. The molecule has 0 aliphatic rings. The maximum Gasteiger partial charge on any atom is 0.244 e. The molecule has 0 unspecified atom stereocenters. The van der Waals surface area contributed by atoms with E-state index in [4.69, 9.17) is 0 Å². The molecule has 0 aromatic heterocycles. The van der Waals surface area contributed by atoms with Gasteiger partial charge in [-0.2, -0.15) is 0 Å². The van der Waals surface area contributed by atoms with Gasteiger partial charge in [-0.15, -0.1) is 0 Å². The number of carbonyl (C=O) groups excluding carboxylic acids is 2. The van der Waals surface area contributed by atoms with Gasteiger partial charge in [0.15, 0.2) is 0 Å². The molecule has 0 saturated carbocycles. The molecule has 0 fully saturated rings. The number of halogens is 1. The summed E-state index contributed by atoms with van der Waals surface area (Å²) in [5, 5.41) is 2.82. The lowest BCUT2D eigenvalue weighted by Gasteiger charge is -2.32. The van der Waals surface area contributed by atoms with Crippen LogP contribution in [0.2, 0.25) is 0 Å². The standard InChI is InChI=1S/C24H32BrN3O4S/c1-6-12-26-24(30)19(4)27(15-20-8-7-9-21(25)14-20)23(29)16-28(33(5,31)32)22-11-10-17(2)13-18(22)3/h7-11,13-14,19H,6,12,15-16H2,1-5H3,(H,26,30)/t19-/m0/s1. The largest absolute Gasteiger partial charge is 0.354 e. The van der Waals surface area contributed by atoms with Gasteiger partial charge in [-0.3, -0.25) is 13.9 Å². The fourth-order valence-corrected chi connectivity index (χ4v) is 4.84. The topological polar surface area (TPSA) is 86.8 Å². The summed E-state index contributed by atoms with van der Waals surface area (Å²) >= 11 is 3.43. The first kappa shape index (κ1) is 26.9. The summed E-state index contributed by atoms with van der Waals surface area (Å²) in [6, 6.07) is 12.1. The smallest absolute Gasteiger partial charge is 0.244 e. The molecule has 2 aromatic rings. The molecule has 33 heavy (non-hydrogen) atoms. The van der Waals surface area contributed by atoms with Gasteiger partial charge in [0.1, 0.15) is 12.6 Å². The Labute approximate surface area is 205 Å². The predicted octanol–water partition coefficient (Wildman–Crippen LogP) is 3.78. The highest BCUT2D eigenvalue weighted by atomic mass is 79.9. The van der Waals surface area contributed by atoms with E-state index in [-0.39, 0.29) is 12.5 Å². The van der Waals surface area contributed by atoms with Crippen molar-refractivity contribution in [1.29, 1.82) is 0 Å². The lowest BCUT2D eigenvalue weighted by Crippen LogP contribution is -2.51. The minimum Gasteiger partial charge on any atom is -0.354 e. The number of rotatable bonds is 10. The molecule has 180 valence electrons. The molecule has 2 aromatic carbocycles. The Balaban J connectivity index is 2.40. The SMILES string of the molecule is CCCNC(=O)[C@H](C)N(Cc1cccc(Br)c1)C(=O)CN(c1ccc(C)cc1C)S(C)(=O)=O. The van der Waals surface area contributed by atoms with Crippen LogP contribution in [0.4, 0.5) is 5.69 Å². The zero-order chi connectivity index (χ0) is 24.8. The van der Waals surface area contributed by atoms with Crippen LogP contribution < -0.4 is 9.62 Å². The van der Waals surface area contributed by atoms with E-state index in [1.807, 2.05) is 57.2 Å². The van der Waals surface area contributed by atoms with Crippen molar-refractivity contribution in [2.24, 2.45) is 0 Å². The van der Waals surface area contributed by atoms with E-state index in [1.54, 1.807) is 13.0 Å². The molecule has 0 aliphatic heterocycles. The van der Waals surface area contributed by atoms with Crippen LogP contribution in [0.3, 0.4) is 0 Å². The summed E-state index contributed by atoms with van der Waals surface area (Å²) in [5.74, 6) is -0.739. The van der Waals surface area contributed by atoms with Crippen molar-refractivity contribution >= 4 is 43.5 Å². The van der Waals surface area contributed by atoms with Crippen molar-refractivity contribution < 1.29 is 18.0 Å². The van der Waals surface area contributed by atoms with E-state index in [1.165, 1.54) is 4.90 Å². The first-order valence-corrected chi connectivity index (χ1v) is 13.4. The predicted molar refractivity (Wildman–Crippen MR) is 136 cm³/mol. The molecule has 7 nitrogen and oxygen atoms in total. The van der Waals surface area contributed by atoms with Gasteiger partial charge >= 0.3 is 0 Å². The van der Waals surface area contributed by atoms with Crippen LogP contribution >= 0.6 is 15.9 Å². The summed E-state index contributed by atoms with van der Waals surface area (Å²) in [6.45, 7) is 7.60. The van der Waals surface area contributed by atoms with Gasteiger partial charge in [-0.25, -0.2) is 8.42 Å². The third-order valence-corrected chi connectivity index (χ3v) is 6.88. The highest BCUT2D eigenvalue weighted by Gasteiger charge is 2.30. The molecular weight excluding hydrogens is 506 g/mol. The van der Waals surface area contributed by atoms with Gasteiger partial charge in [0, 0.05) is 17.6 Å². The lowest BCUT2D eigenvalue weighted by atomic mass is 10.1. The van der Waals surface area contributed by atoms with Crippen molar-refractivity contribution in [3.63, 3.8) is 0 Å². The van der Waals surface area contributed by atoms with Crippen LogP contribution in [0.1, 0.15) is 37.0 Å². The fraction of sp³-hybridized carbons (Fsp3) is 0.417. The van der Waals surface area contributed by atoms with Crippen molar-refractivity contribution in [3.8, 4) is 0 Å². The van der Waals surface area contributed by atoms with E-state index in [0.717, 1.165) is 38.1 Å². The summed E-state index contributed by atoms with van der Waals surface area (Å²) in [7, 11) is -3.74. The second-order valence-electron chi connectivity index (χ2n) is 8.18. The average Bonchev–Trinajstić information content (AvgIpc) is 2.73. The number of sulfonamides is 1. The van der Waals surface area contributed by atoms with E-state index in [0.29, 0.717) is 12.2 Å². The highest BCUT2D eigenvalue weighted by Crippen LogP contribution is 2.24. The zero-order valence-electron chi connectivity index (χ0n) is 19.8. The number of carbonyl (C=O) groups is 2. The number of aryl methyl sites for hydroxylation is 2. The highest BCUT2D eigenvalue weighted by molar-refractivity contribution is 9.10. The Morgan fingerprint density at radius 3 is 2.39 bits per heavy atom. The molecule has 0 radical (unpaired) electrons. The molecular formula is C24H32BrN3O4S. The Hall–Kier alpha value is -2.39. The van der Waals surface area contributed by atoms with Gasteiger partial charge < -0.3 is 10.2 Å². The van der Waals surface area contributed by atoms with E-state index >= 15 is 0 Å². The van der Waals surface area contributed by atoms with Crippen molar-refractivity contribution in [2.45, 2.75) is 46.7 Å². The quantitative estimate of drug-likeness (QED) is 0.499. The van der Waals surface area contributed by atoms with Gasteiger partial charge in [0.25, 0.3) is 0 Å². The summed E-state index contributed by atoms with van der Waals surface area (Å²) in [6.07, 6.45) is 1.85. The Kier molecular flexibility index (Phi) is 9.48. The molecule has 1 atom stereocenters. The van der Waals surface area contributed by atoms with Crippen LogP contribution in [0.5, 0.6) is 0 Å². The molecule has 9 heteroatoms. The Bertz CT molecular complexity index is 1100. The first-order valence-electron chi connectivity index (χ1n) is 10.8. The molecule has 0 aliphatic carbocycles. The molecule has 0 heterocycles. The number of nitrogens with one attached hydrogen (secondary N) is 1. The number of amides is 2. The Morgan fingerprint density at radius 2 is 1.82 bits per heavy atom. The van der Waals surface area contributed by atoms with Gasteiger partial charge in [-0.1, -0.05) is 52.7 Å². The average molecular weight is 539 g/mol. The summed E-state index contributed by atoms with van der Waals surface area (Å²) < 4.78 is 27.2. The monoisotopic (exact) mass is 537 g/mol. The van der Waals surface area contributed by atoms with Gasteiger partial charge in [0.2, 0.25) is 21.8 Å². The first-order chi connectivity index (χ1) is 15.4. The Morgan fingerprint density at radius 1 is 1.12 bits per heavy atom. The van der Waals surface area contributed by atoms with Crippen molar-refractivity contribution in [2.75, 3.05) is 23.7 Å². The normalized spacial score (nSPS) is 12.2. The van der Waals surface area contributed by atoms with E-state index in [2.05, 4.69) is 21.2 Å². The number of anilines is 1. The molecule has 0 saturated heterocycles. The maximum absolute atomic E-state index is 13.5. The van der Waals surface area contributed by atoms with Crippen LogP contribution in [-0.4, -0.2) is 50.5 Å². The van der Waals surface area contributed by atoms with Crippen molar-refractivity contribution in [3.05, 3.63) is 63.6 Å². The number of hydrogen-bond donors (Lipinski definition) is 1. The number of nitrogens with zero attached hydrogens (tertiary/aromatic N) is 2. The van der Waals surface area contributed by atoms with E-state index < -0.39 is 28.5 Å². The molecule has 2 amide bonds. The lowest BCUT2D eigenvalue weighted by molar-refractivity contribution is -0.139. The van der Waals surface area contributed by atoms with Gasteiger partial charge in [-0.05, 0) is 56.5 Å². The van der Waals surface area contributed by atoms with Gasteiger partial charge in [0.05, 0.1) is 11.9 Å². The van der Waals surface area contributed by atoms with Crippen LogP contribution in [-0.2, 0) is 26.2 Å². The molecule has 1 N–H and O–H groups in total. The third-order valence-electron chi connectivity index (χ3n) is 5.26. The summed E-state index contributed by atoms with van der Waals surface area (Å²) in [4.78, 5) is 27.6.